The van der Waals surface area contributed by atoms with Crippen LogP contribution in [0.3, 0.4) is 0 Å². The van der Waals surface area contributed by atoms with E-state index in [4.69, 9.17) is 5.26 Å². The summed E-state index contributed by atoms with van der Waals surface area (Å²) in [5, 5.41) is 11.8. The van der Waals surface area contributed by atoms with Crippen LogP contribution in [0, 0.1) is 11.5 Å². The zero-order valence-corrected chi connectivity index (χ0v) is 12.0. The van der Waals surface area contributed by atoms with Gasteiger partial charge < -0.3 is 0 Å². The minimum absolute atomic E-state index is 0.600. The van der Waals surface area contributed by atoms with Gasteiger partial charge in [0.05, 0.1) is 5.69 Å². The Morgan fingerprint density at radius 1 is 1.10 bits per heavy atom. The van der Waals surface area contributed by atoms with Crippen molar-refractivity contribution in [1.82, 2.24) is 5.32 Å². The van der Waals surface area contributed by atoms with E-state index >= 15 is 0 Å². The Morgan fingerprint density at radius 2 is 1.75 bits per heavy atom. The minimum Gasteiger partial charge on any atom is -0.271 e. The molecular formula is C16H15N3S. The molecule has 2 rings (SSSR count). The fraction of sp³-hybridized carbons (Fsp3) is 0.125. The lowest BCUT2D eigenvalue weighted by atomic mass is 10.1. The number of aliphatic imine (C=N–C) groups is 1. The summed E-state index contributed by atoms with van der Waals surface area (Å²) < 4.78 is 0. The number of thioether (sulfide) groups is 1. The number of nitriles is 1. The van der Waals surface area contributed by atoms with Gasteiger partial charge in [0.1, 0.15) is 0 Å². The molecule has 3 nitrogen and oxygen atoms in total. The number of amidine groups is 1. The van der Waals surface area contributed by atoms with Crippen molar-refractivity contribution in [3.05, 3.63) is 65.7 Å². The van der Waals surface area contributed by atoms with Gasteiger partial charge in [-0.15, -0.1) is 0 Å². The lowest BCUT2D eigenvalue weighted by Gasteiger charge is -2.03. The molecule has 0 aliphatic rings. The molecule has 100 valence electrons. The van der Waals surface area contributed by atoms with E-state index in [1.54, 1.807) is 0 Å². The zero-order valence-electron chi connectivity index (χ0n) is 11.2. The van der Waals surface area contributed by atoms with Gasteiger partial charge in [-0.3, -0.25) is 5.32 Å². The second-order valence-corrected chi connectivity index (χ2v) is 4.98. The highest BCUT2D eigenvalue weighted by molar-refractivity contribution is 8.13. The van der Waals surface area contributed by atoms with E-state index in [9.17, 15) is 0 Å². The third-order valence-corrected chi connectivity index (χ3v) is 3.35. The second-order valence-electron chi connectivity index (χ2n) is 4.19. The number of benzene rings is 2. The van der Waals surface area contributed by atoms with Crippen LogP contribution >= 0.6 is 11.8 Å². The molecule has 20 heavy (non-hydrogen) atoms. The van der Waals surface area contributed by atoms with Crippen LogP contribution in [0.5, 0.6) is 0 Å². The van der Waals surface area contributed by atoms with E-state index < -0.39 is 0 Å². The van der Waals surface area contributed by atoms with Crippen LogP contribution in [0.1, 0.15) is 11.1 Å². The summed E-state index contributed by atoms with van der Waals surface area (Å²) in [5.41, 5.74) is 3.38. The van der Waals surface area contributed by atoms with Crippen LogP contribution in [0.15, 0.2) is 59.6 Å². The zero-order chi connectivity index (χ0) is 14.2. The van der Waals surface area contributed by atoms with E-state index in [0.717, 1.165) is 12.1 Å². The molecule has 0 saturated carbocycles. The Kier molecular flexibility index (Phi) is 5.22. The SMILES string of the molecule is CSC(=Nc1ccc(Cc2ccccc2)cc1)NC#N. The van der Waals surface area contributed by atoms with E-state index in [0.29, 0.717) is 5.17 Å². The second kappa shape index (κ2) is 7.37. The van der Waals surface area contributed by atoms with Gasteiger partial charge in [0.25, 0.3) is 0 Å². The minimum atomic E-state index is 0.600. The Labute approximate surface area is 123 Å². The first-order chi connectivity index (χ1) is 9.81. The Hall–Kier alpha value is -2.25. The van der Waals surface area contributed by atoms with Gasteiger partial charge in [0.15, 0.2) is 11.4 Å². The molecule has 0 spiro atoms. The normalized spacial score (nSPS) is 10.9. The number of hydrogen-bond acceptors (Lipinski definition) is 3. The van der Waals surface area contributed by atoms with Gasteiger partial charge in [-0.2, -0.15) is 5.26 Å². The van der Waals surface area contributed by atoms with Gasteiger partial charge in [-0.1, -0.05) is 54.2 Å². The molecule has 0 bridgehead atoms. The van der Waals surface area contributed by atoms with Crippen molar-refractivity contribution in [2.75, 3.05) is 6.26 Å². The molecule has 0 atom stereocenters. The third-order valence-electron chi connectivity index (χ3n) is 2.77. The maximum Gasteiger partial charge on any atom is 0.183 e. The first kappa shape index (κ1) is 14.2. The summed E-state index contributed by atoms with van der Waals surface area (Å²) in [7, 11) is 0. The van der Waals surface area contributed by atoms with E-state index in [-0.39, 0.29) is 0 Å². The number of nitrogens with one attached hydrogen (secondary N) is 1. The first-order valence-electron chi connectivity index (χ1n) is 6.22. The number of rotatable bonds is 3. The number of nitrogens with zero attached hydrogens (tertiary/aromatic N) is 2. The molecule has 0 saturated heterocycles. The van der Waals surface area contributed by atoms with Crippen LogP contribution in [-0.4, -0.2) is 11.4 Å². The smallest absolute Gasteiger partial charge is 0.183 e. The van der Waals surface area contributed by atoms with Crippen molar-refractivity contribution >= 4 is 22.6 Å². The van der Waals surface area contributed by atoms with Crippen LogP contribution < -0.4 is 5.32 Å². The molecular weight excluding hydrogens is 266 g/mol. The summed E-state index contributed by atoms with van der Waals surface area (Å²) in [4.78, 5) is 4.36. The molecule has 1 N–H and O–H groups in total. The van der Waals surface area contributed by atoms with Gasteiger partial charge in [0, 0.05) is 0 Å². The van der Waals surface area contributed by atoms with Crippen molar-refractivity contribution in [3.63, 3.8) is 0 Å². The number of hydrogen-bond donors (Lipinski definition) is 1. The third kappa shape index (κ3) is 4.15. The van der Waals surface area contributed by atoms with Crippen LogP contribution in [-0.2, 0) is 6.42 Å². The molecule has 0 radical (unpaired) electrons. The Morgan fingerprint density at radius 3 is 2.35 bits per heavy atom. The summed E-state index contributed by atoms with van der Waals surface area (Å²) in [5.74, 6) is 0. The molecule has 2 aromatic carbocycles. The van der Waals surface area contributed by atoms with Crippen molar-refractivity contribution in [2.24, 2.45) is 4.99 Å². The molecule has 4 heteroatoms. The van der Waals surface area contributed by atoms with Gasteiger partial charge in [0.2, 0.25) is 0 Å². The maximum atomic E-state index is 8.60. The van der Waals surface area contributed by atoms with Gasteiger partial charge >= 0.3 is 0 Å². The van der Waals surface area contributed by atoms with E-state index in [2.05, 4.69) is 34.6 Å². The molecule has 0 aliphatic carbocycles. The molecule has 0 heterocycles. The monoisotopic (exact) mass is 281 g/mol. The first-order valence-corrected chi connectivity index (χ1v) is 7.45. The highest BCUT2D eigenvalue weighted by Crippen LogP contribution is 2.17. The molecule has 0 amide bonds. The largest absolute Gasteiger partial charge is 0.271 e. The average molecular weight is 281 g/mol. The summed E-state index contributed by atoms with van der Waals surface area (Å²) in [6, 6.07) is 18.4. The topological polar surface area (TPSA) is 48.2 Å². The van der Waals surface area contributed by atoms with Crippen LogP contribution in [0.25, 0.3) is 0 Å². The standard InChI is InChI=1S/C16H15N3S/c1-20-16(18-12-17)19-15-9-7-14(8-10-15)11-13-5-3-2-4-6-13/h2-10H,11H2,1H3,(H,18,19). The molecule has 0 aromatic heterocycles. The van der Waals surface area contributed by atoms with Crippen molar-refractivity contribution in [3.8, 4) is 6.19 Å². The van der Waals surface area contributed by atoms with Crippen molar-refractivity contribution < 1.29 is 0 Å². The Bertz CT molecular complexity index is 612. The molecule has 0 fully saturated rings. The van der Waals surface area contributed by atoms with E-state index in [1.807, 2.05) is 42.8 Å². The van der Waals surface area contributed by atoms with Crippen LogP contribution in [0.4, 0.5) is 5.69 Å². The predicted molar refractivity (Wildman–Crippen MR) is 85.0 cm³/mol. The highest BCUT2D eigenvalue weighted by atomic mass is 32.2. The maximum absolute atomic E-state index is 8.60. The highest BCUT2D eigenvalue weighted by Gasteiger charge is 1.98. The fourth-order valence-electron chi connectivity index (χ4n) is 1.81. The Balaban J connectivity index is 2.09. The lowest BCUT2D eigenvalue weighted by molar-refractivity contribution is 1.19. The predicted octanol–water partition coefficient (Wildman–Crippen LogP) is 3.70. The quantitative estimate of drug-likeness (QED) is 0.404. The van der Waals surface area contributed by atoms with Gasteiger partial charge in [-0.25, -0.2) is 4.99 Å². The average Bonchev–Trinajstić information content (AvgIpc) is 2.50. The van der Waals surface area contributed by atoms with Crippen molar-refractivity contribution in [2.45, 2.75) is 6.42 Å². The summed E-state index contributed by atoms with van der Waals surface area (Å²) >= 11 is 1.41. The fourth-order valence-corrected chi connectivity index (χ4v) is 2.15. The lowest BCUT2D eigenvalue weighted by Crippen LogP contribution is -2.12. The molecule has 2 aromatic rings. The molecule has 0 unspecified atom stereocenters. The summed E-state index contributed by atoms with van der Waals surface area (Å²) in [6.45, 7) is 0. The van der Waals surface area contributed by atoms with E-state index in [1.165, 1.54) is 22.9 Å². The van der Waals surface area contributed by atoms with Crippen LogP contribution in [0.2, 0.25) is 0 Å². The van der Waals surface area contributed by atoms with Crippen molar-refractivity contribution in [1.29, 1.82) is 5.26 Å². The summed E-state index contributed by atoms with van der Waals surface area (Å²) in [6.07, 6.45) is 4.68. The molecule has 0 aliphatic heterocycles. The van der Waals surface area contributed by atoms with Gasteiger partial charge in [-0.05, 0) is 35.9 Å².